The molecule has 0 spiro atoms. The standard InChI is InChI=1S/C10H20N4O2S/c1-3-4-6-14(7-5-11)17(15,16)10-8-12-13-9(10)2/h8H,3-7,11H2,1-2H3,(H,12,13). The van der Waals surface area contributed by atoms with Crippen molar-refractivity contribution in [1.82, 2.24) is 14.5 Å². The molecular weight excluding hydrogens is 240 g/mol. The van der Waals surface area contributed by atoms with Crippen LogP contribution < -0.4 is 5.73 Å². The number of aromatic nitrogens is 2. The lowest BCUT2D eigenvalue weighted by molar-refractivity contribution is 0.410. The monoisotopic (exact) mass is 260 g/mol. The van der Waals surface area contributed by atoms with Crippen LogP contribution in [0.5, 0.6) is 0 Å². The van der Waals surface area contributed by atoms with Gasteiger partial charge in [0.1, 0.15) is 4.90 Å². The molecule has 3 N–H and O–H groups in total. The van der Waals surface area contributed by atoms with Crippen molar-refractivity contribution < 1.29 is 8.42 Å². The molecule has 0 aliphatic rings. The Bertz CT molecular complexity index is 441. The van der Waals surface area contributed by atoms with E-state index < -0.39 is 10.0 Å². The van der Waals surface area contributed by atoms with Crippen molar-refractivity contribution in [2.75, 3.05) is 19.6 Å². The molecule has 0 aromatic carbocycles. The summed E-state index contributed by atoms with van der Waals surface area (Å²) < 4.78 is 26.1. The van der Waals surface area contributed by atoms with E-state index in [0.717, 1.165) is 12.8 Å². The van der Waals surface area contributed by atoms with E-state index in [1.165, 1.54) is 10.5 Å². The molecule has 0 bridgehead atoms. The highest BCUT2D eigenvalue weighted by atomic mass is 32.2. The lowest BCUT2D eigenvalue weighted by atomic mass is 10.3. The second-order valence-electron chi connectivity index (χ2n) is 3.91. The summed E-state index contributed by atoms with van der Waals surface area (Å²) >= 11 is 0. The minimum absolute atomic E-state index is 0.238. The van der Waals surface area contributed by atoms with Crippen LogP contribution in [0.4, 0.5) is 0 Å². The van der Waals surface area contributed by atoms with Gasteiger partial charge in [0.2, 0.25) is 10.0 Å². The highest BCUT2D eigenvalue weighted by Gasteiger charge is 2.26. The molecule has 1 rings (SSSR count). The number of nitrogens with two attached hydrogens (primary N) is 1. The Kier molecular flexibility index (Phi) is 5.10. The summed E-state index contributed by atoms with van der Waals surface area (Å²) in [6.07, 6.45) is 3.12. The Morgan fingerprint density at radius 2 is 2.18 bits per heavy atom. The van der Waals surface area contributed by atoms with Gasteiger partial charge in [0.15, 0.2) is 0 Å². The predicted octanol–water partition coefficient (Wildman–Crippen LogP) is 0.468. The van der Waals surface area contributed by atoms with Crippen molar-refractivity contribution in [3.05, 3.63) is 11.9 Å². The van der Waals surface area contributed by atoms with E-state index in [1.807, 2.05) is 6.92 Å². The average Bonchev–Trinajstić information content (AvgIpc) is 2.71. The zero-order valence-corrected chi connectivity index (χ0v) is 11.1. The summed E-state index contributed by atoms with van der Waals surface area (Å²) in [7, 11) is -3.46. The van der Waals surface area contributed by atoms with E-state index in [1.54, 1.807) is 6.92 Å². The van der Waals surface area contributed by atoms with Crippen molar-refractivity contribution in [3.8, 4) is 0 Å². The molecule has 1 aromatic heterocycles. The van der Waals surface area contributed by atoms with Gasteiger partial charge in [0, 0.05) is 19.6 Å². The maximum atomic E-state index is 12.3. The van der Waals surface area contributed by atoms with Gasteiger partial charge >= 0.3 is 0 Å². The van der Waals surface area contributed by atoms with E-state index in [-0.39, 0.29) is 4.90 Å². The van der Waals surface area contributed by atoms with Crippen molar-refractivity contribution >= 4 is 10.0 Å². The highest BCUT2D eigenvalue weighted by molar-refractivity contribution is 7.89. The van der Waals surface area contributed by atoms with Crippen LogP contribution in [-0.4, -0.2) is 42.6 Å². The fourth-order valence-corrected chi connectivity index (χ4v) is 3.18. The molecular formula is C10H20N4O2S. The van der Waals surface area contributed by atoms with E-state index in [9.17, 15) is 8.42 Å². The molecule has 6 nitrogen and oxygen atoms in total. The molecule has 1 heterocycles. The van der Waals surface area contributed by atoms with E-state index in [4.69, 9.17) is 5.73 Å². The molecule has 98 valence electrons. The van der Waals surface area contributed by atoms with Crippen LogP contribution in [0.1, 0.15) is 25.5 Å². The van der Waals surface area contributed by atoms with Gasteiger partial charge in [0.05, 0.1) is 11.9 Å². The van der Waals surface area contributed by atoms with Crippen molar-refractivity contribution in [3.63, 3.8) is 0 Å². The molecule has 17 heavy (non-hydrogen) atoms. The number of sulfonamides is 1. The summed E-state index contributed by atoms with van der Waals surface area (Å²) in [4.78, 5) is 0.238. The highest BCUT2D eigenvalue weighted by Crippen LogP contribution is 2.17. The second kappa shape index (κ2) is 6.13. The quantitative estimate of drug-likeness (QED) is 0.745. The summed E-state index contributed by atoms with van der Waals surface area (Å²) in [5.41, 5.74) is 6.02. The van der Waals surface area contributed by atoms with Gasteiger partial charge in [-0.1, -0.05) is 13.3 Å². The number of aromatic amines is 1. The van der Waals surface area contributed by atoms with Gasteiger partial charge in [-0.15, -0.1) is 0 Å². The molecule has 0 aliphatic heterocycles. The zero-order chi connectivity index (χ0) is 12.9. The lowest BCUT2D eigenvalue weighted by Crippen LogP contribution is -2.36. The third kappa shape index (κ3) is 3.27. The Balaban J connectivity index is 2.96. The van der Waals surface area contributed by atoms with Crippen LogP contribution in [0.15, 0.2) is 11.1 Å². The van der Waals surface area contributed by atoms with E-state index >= 15 is 0 Å². The number of hydrogen-bond acceptors (Lipinski definition) is 4. The molecule has 1 aromatic rings. The van der Waals surface area contributed by atoms with Crippen LogP contribution in [0.2, 0.25) is 0 Å². The number of unbranched alkanes of at least 4 members (excludes halogenated alkanes) is 1. The summed E-state index contributed by atoms with van der Waals surface area (Å²) in [6.45, 7) is 4.88. The smallest absolute Gasteiger partial charge is 0.246 e. The van der Waals surface area contributed by atoms with Gasteiger partial charge < -0.3 is 5.73 Å². The fraction of sp³-hybridized carbons (Fsp3) is 0.700. The average molecular weight is 260 g/mol. The van der Waals surface area contributed by atoms with Crippen LogP contribution in [0.3, 0.4) is 0 Å². The molecule has 0 aliphatic carbocycles. The number of H-pyrrole nitrogens is 1. The Labute approximate surface area is 102 Å². The first-order valence-electron chi connectivity index (χ1n) is 5.74. The van der Waals surface area contributed by atoms with Gasteiger partial charge in [-0.3, -0.25) is 5.10 Å². The molecule has 0 radical (unpaired) electrons. The van der Waals surface area contributed by atoms with Crippen LogP contribution >= 0.6 is 0 Å². The molecule has 0 saturated carbocycles. The first-order chi connectivity index (χ1) is 8.04. The van der Waals surface area contributed by atoms with Crippen LogP contribution in [0, 0.1) is 6.92 Å². The van der Waals surface area contributed by atoms with Gasteiger partial charge in [-0.05, 0) is 13.3 Å². The van der Waals surface area contributed by atoms with Crippen molar-refractivity contribution in [2.24, 2.45) is 5.73 Å². The van der Waals surface area contributed by atoms with Crippen molar-refractivity contribution in [1.29, 1.82) is 0 Å². The van der Waals surface area contributed by atoms with Gasteiger partial charge in [0.25, 0.3) is 0 Å². The Hall–Kier alpha value is -0.920. The first kappa shape index (κ1) is 14.1. The topological polar surface area (TPSA) is 92.1 Å². The van der Waals surface area contributed by atoms with E-state index in [2.05, 4.69) is 10.2 Å². The molecule has 0 fully saturated rings. The predicted molar refractivity (Wildman–Crippen MR) is 66.0 cm³/mol. The minimum Gasteiger partial charge on any atom is -0.329 e. The van der Waals surface area contributed by atoms with Crippen LogP contribution in [-0.2, 0) is 10.0 Å². The summed E-state index contributed by atoms with van der Waals surface area (Å²) in [5.74, 6) is 0. The number of nitrogens with one attached hydrogen (secondary N) is 1. The third-order valence-corrected chi connectivity index (χ3v) is 4.55. The fourth-order valence-electron chi connectivity index (χ4n) is 1.57. The maximum absolute atomic E-state index is 12.3. The first-order valence-corrected chi connectivity index (χ1v) is 7.18. The minimum atomic E-state index is -3.46. The zero-order valence-electron chi connectivity index (χ0n) is 10.3. The van der Waals surface area contributed by atoms with Gasteiger partial charge in [-0.25, -0.2) is 8.42 Å². The summed E-state index contributed by atoms with van der Waals surface area (Å²) in [5, 5.41) is 6.39. The van der Waals surface area contributed by atoms with E-state index in [0.29, 0.717) is 25.3 Å². The Morgan fingerprint density at radius 1 is 1.47 bits per heavy atom. The van der Waals surface area contributed by atoms with Gasteiger partial charge in [-0.2, -0.15) is 9.40 Å². The number of aryl methyl sites for hydroxylation is 1. The lowest BCUT2D eigenvalue weighted by Gasteiger charge is -2.20. The number of rotatable bonds is 7. The summed E-state index contributed by atoms with van der Waals surface area (Å²) in [6, 6.07) is 0. The molecule has 7 heteroatoms. The number of hydrogen-bond donors (Lipinski definition) is 2. The second-order valence-corrected chi connectivity index (χ2v) is 5.81. The maximum Gasteiger partial charge on any atom is 0.246 e. The van der Waals surface area contributed by atoms with Crippen LogP contribution in [0.25, 0.3) is 0 Å². The largest absolute Gasteiger partial charge is 0.329 e. The number of nitrogens with zero attached hydrogens (tertiary/aromatic N) is 2. The molecule has 0 amide bonds. The van der Waals surface area contributed by atoms with Crippen molar-refractivity contribution in [2.45, 2.75) is 31.6 Å². The Morgan fingerprint density at radius 3 is 2.65 bits per heavy atom. The SMILES string of the molecule is CCCCN(CCN)S(=O)(=O)c1cn[nH]c1C. The third-order valence-electron chi connectivity index (χ3n) is 2.54. The molecule has 0 unspecified atom stereocenters. The molecule has 0 saturated heterocycles. The molecule has 0 atom stereocenters. The normalized spacial score (nSPS) is 12.2.